The van der Waals surface area contributed by atoms with Crippen LogP contribution in [0.4, 0.5) is 5.82 Å². The highest BCUT2D eigenvalue weighted by molar-refractivity contribution is 5.29. The van der Waals surface area contributed by atoms with Crippen molar-refractivity contribution < 1.29 is 0 Å². The van der Waals surface area contributed by atoms with Crippen LogP contribution in [0, 0.1) is 6.92 Å². The first kappa shape index (κ1) is 13.1. The molecular formula is C14H22N6. The van der Waals surface area contributed by atoms with Crippen molar-refractivity contribution in [2.24, 2.45) is 0 Å². The number of aromatic nitrogens is 5. The van der Waals surface area contributed by atoms with Gasteiger partial charge in [-0.3, -0.25) is 4.68 Å². The molecule has 0 fully saturated rings. The monoisotopic (exact) mass is 274 g/mol. The Morgan fingerprint density at radius 3 is 2.85 bits per heavy atom. The maximum absolute atomic E-state index is 5.81. The number of nitrogen functional groups attached to an aromatic ring is 1. The molecule has 1 atom stereocenters. The van der Waals surface area contributed by atoms with E-state index in [-0.39, 0.29) is 6.04 Å². The summed E-state index contributed by atoms with van der Waals surface area (Å²) in [5, 5.41) is 13.3. The number of hydrogen-bond acceptors (Lipinski definition) is 4. The van der Waals surface area contributed by atoms with Crippen molar-refractivity contribution in [1.29, 1.82) is 0 Å². The number of rotatable bonds is 3. The summed E-state index contributed by atoms with van der Waals surface area (Å²) in [6.45, 7) is 5.20. The molecule has 0 spiro atoms. The smallest absolute Gasteiger partial charge is 0.157 e. The van der Waals surface area contributed by atoms with Gasteiger partial charge in [-0.05, 0) is 26.2 Å². The molecule has 2 N–H and O–H groups in total. The number of hydrogen-bond donors (Lipinski definition) is 1. The van der Waals surface area contributed by atoms with Crippen LogP contribution in [0.3, 0.4) is 0 Å². The maximum Gasteiger partial charge on any atom is 0.157 e. The zero-order valence-corrected chi connectivity index (χ0v) is 12.2. The molecule has 3 heterocycles. The lowest BCUT2D eigenvalue weighted by atomic mass is 10.2. The molecule has 0 saturated carbocycles. The molecule has 0 saturated heterocycles. The second kappa shape index (κ2) is 5.26. The summed E-state index contributed by atoms with van der Waals surface area (Å²) in [5.74, 6) is 2.71. The van der Waals surface area contributed by atoms with E-state index >= 15 is 0 Å². The lowest BCUT2D eigenvalue weighted by Crippen LogP contribution is -2.19. The maximum atomic E-state index is 5.81. The minimum Gasteiger partial charge on any atom is -0.382 e. The van der Waals surface area contributed by atoms with Crippen molar-refractivity contribution in [1.82, 2.24) is 24.5 Å². The van der Waals surface area contributed by atoms with E-state index in [1.807, 2.05) is 17.7 Å². The fraction of sp³-hybridized carbons (Fsp3) is 0.643. The fourth-order valence-electron chi connectivity index (χ4n) is 3.05. The van der Waals surface area contributed by atoms with Gasteiger partial charge in [-0.1, -0.05) is 13.3 Å². The molecule has 0 aromatic carbocycles. The summed E-state index contributed by atoms with van der Waals surface area (Å²) in [6.07, 6.45) is 5.65. The Hall–Kier alpha value is -1.85. The van der Waals surface area contributed by atoms with Gasteiger partial charge in [0.2, 0.25) is 0 Å². The van der Waals surface area contributed by atoms with Crippen molar-refractivity contribution in [3.05, 3.63) is 23.4 Å². The van der Waals surface area contributed by atoms with Gasteiger partial charge in [0.1, 0.15) is 17.7 Å². The van der Waals surface area contributed by atoms with E-state index in [1.54, 1.807) is 0 Å². The first-order valence-electron chi connectivity index (χ1n) is 7.44. The third-order valence-corrected chi connectivity index (χ3v) is 4.06. The predicted molar refractivity (Wildman–Crippen MR) is 77.4 cm³/mol. The normalized spacial score (nSPS) is 16.7. The number of nitrogens with two attached hydrogens (primary N) is 1. The molecule has 1 aliphatic heterocycles. The number of anilines is 1. The molecule has 0 radical (unpaired) electrons. The molecule has 6 nitrogen and oxygen atoms in total. The molecule has 3 rings (SSSR count). The lowest BCUT2D eigenvalue weighted by molar-refractivity contribution is 0.448. The third-order valence-electron chi connectivity index (χ3n) is 4.06. The van der Waals surface area contributed by atoms with E-state index in [0.717, 1.165) is 36.7 Å². The standard InChI is InChI=1S/C14H22N6/c1-3-11(20-10(2)9-12(15)18-20)14-17-16-13-7-5-4-6-8-19(13)14/h9,11H,3-8H2,1-2H3,(H2,15,18)/t11-/m0/s1. The first-order valence-corrected chi connectivity index (χ1v) is 7.44. The molecule has 2 aromatic rings. The zero-order valence-electron chi connectivity index (χ0n) is 12.2. The minimum absolute atomic E-state index is 0.117. The molecule has 0 aliphatic carbocycles. The van der Waals surface area contributed by atoms with Gasteiger partial charge in [-0.15, -0.1) is 10.2 Å². The lowest BCUT2D eigenvalue weighted by Gasteiger charge is -2.18. The van der Waals surface area contributed by atoms with Crippen LogP contribution in [0.15, 0.2) is 6.07 Å². The van der Waals surface area contributed by atoms with Crippen LogP contribution in [0.1, 0.15) is 56.0 Å². The van der Waals surface area contributed by atoms with Gasteiger partial charge in [0.05, 0.1) is 0 Å². The van der Waals surface area contributed by atoms with Gasteiger partial charge < -0.3 is 10.3 Å². The Balaban J connectivity index is 2.02. The third kappa shape index (κ3) is 2.19. The quantitative estimate of drug-likeness (QED) is 0.930. The molecule has 0 amide bonds. The Labute approximate surface area is 119 Å². The van der Waals surface area contributed by atoms with Crippen molar-refractivity contribution in [2.75, 3.05) is 5.73 Å². The Morgan fingerprint density at radius 2 is 2.15 bits per heavy atom. The first-order chi connectivity index (χ1) is 9.70. The summed E-state index contributed by atoms with van der Waals surface area (Å²) < 4.78 is 4.27. The van der Waals surface area contributed by atoms with E-state index in [2.05, 4.69) is 26.8 Å². The van der Waals surface area contributed by atoms with Crippen molar-refractivity contribution in [3.8, 4) is 0 Å². The van der Waals surface area contributed by atoms with Gasteiger partial charge in [-0.25, -0.2) is 0 Å². The highest BCUT2D eigenvalue weighted by atomic mass is 15.4. The van der Waals surface area contributed by atoms with E-state index in [9.17, 15) is 0 Å². The van der Waals surface area contributed by atoms with E-state index in [4.69, 9.17) is 5.73 Å². The largest absolute Gasteiger partial charge is 0.382 e. The van der Waals surface area contributed by atoms with E-state index in [1.165, 1.54) is 19.3 Å². The zero-order chi connectivity index (χ0) is 14.1. The average molecular weight is 274 g/mol. The van der Waals surface area contributed by atoms with Gasteiger partial charge in [0, 0.05) is 24.7 Å². The van der Waals surface area contributed by atoms with Gasteiger partial charge in [0.15, 0.2) is 5.82 Å². The van der Waals surface area contributed by atoms with Crippen LogP contribution in [0.5, 0.6) is 0 Å². The van der Waals surface area contributed by atoms with Crippen LogP contribution < -0.4 is 5.73 Å². The number of nitrogens with zero attached hydrogens (tertiary/aromatic N) is 5. The molecule has 0 bridgehead atoms. The van der Waals surface area contributed by atoms with Crippen molar-refractivity contribution >= 4 is 5.82 Å². The van der Waals surface area contributed by atoms with Crippen LogP contribution in [-0.4, -0.2) is 24.5 Å². The van der Waals surface area contributed by atoms with Crippen molar-refractivity contribution in [3.63, 3.8) is 0 Å². The summed E-state index contributed by atoms with van der Waals surface area (Å²) in [7, 11) is 0. The van der Waals surface area contributed by atoms with Crippen LogP contribution in [-0.2, 0) is 13.0 Å². The highest BCUT2D eigenvalue weighted by Gasteiger charge is 2.24. The van der Waals surface area contributed by atoms with Gasteiger partial charge in [-0.2, -0.15) is 5.10 Å². The molecule has 6 heteroatoms. The fourth-order valence-corrected chi connectivity index (χ4v) is 3.05. The predicted octanol–water partition coefficient (Wildman–Crippen LogP) is 2.09. The van der Waals surface area contributed by atoms with E-state index in [0.29, 0.717) is 5.82 Å². The Bertz CT molecular complexity index is 597. The van der Waals surface area contributed by atoms with Crippen LogP contribution >= 0.6 is 0 Å². The summed E-state index contributed by atoms with van der Waals surface area (Å²) >= 11 is 0. The highest BCUT2D eigenvalue weighted by Crippen LogP contribution is 2.25. The van der Waals surface area contributed by atoms with Crippen LogP contribution in [0.2, 0.25) is 0 Å². The average Bonchev–Trinajstić information content (AvgIpc) is 2.87. The van der Waals surface area contributed by atoms with Crippen molar-refractivity contribution in [2.45, 2.75) is 58.5 Å². The molecular weight excluding hydrogens is 252 g/mol. The molecule has 20 heavy (non-hydrogen) atoms. The SMILES string of the molecule is CC[C@@H](c1nnc2n1CCCCC2)n1nc(N)cc1C. The Kier molecular flexibility index (Phi) is 3.46. The molecule has 1 aliphatic rings. The van der Waals surface area contributed by atoms with Crippen LogP contribution in [0.25, 0.3) is 0 Å². The summed E-state index contributed by atoms with van der Waals surface area (Å²) in [5.41, 5.74) is 6.88. The summed E-state index contributed by atoms with van der Waals surface area (Å²) in [6, 6.07) is 2.02. The second-order valence-electron chi connectivity index (χ2n) is 5.52. The second-order valence-corrected chi connectivity index (χ2v) is 5.52. The minimum atomic E-state index is 0.117. The number of aryl methyl sites for hydroxylation is 2. The topological polar surface area (TPSA) is 74.5 Å². The van der Waals surface area contributed by atoms with Gasteiger partial charge in [0.25, 0.3) is 0 Å². The number of fused-ring (bicyclic) bond motifs is 1. The summed E-state index contributed by atoms with van der Waals surface area (Å²) in [4.78, 5) is 0. The van der Waals surface area contributed by atoms with E-state index < -0.39 is 0 Å². The molecule has 2 aromatic heterocycles. The molecule has 0 unspecified atom stereocenters. The Morgan fingerprint density at radius 1 is 1.30 bits per heavy atom. The molecule has 108 valence electrons. The van der Waals surface area contributed by atoms with Gasteiger partial charge >= 0.3 is 0 Å².